The van der Waals surface area contributed by atoms with E-state index in [1.54, 1.807) is 11.0 Å². The second kappa shape index (κ2) is 3.34. The van der Waals surface area contributed by atoms with Gasteiger partial charge in [0.15, 0.2) is 0 Å². The Morgan fingerprint density at radius 1 is 1.87 bits per heavy atom. The van der Waals surface area contributed by atoms with E-state index in [2.05, 4.69) is 11.6 Å². The number of amidine groups is 1. The second-order valence-corrected chi connectivity index (χ2v) is 3.87. The van der Waals surface area contributed by atoms with Crippen LogP contribution in [0.1, 0.15) is 13.3 Å². The van der Waals surface area contributed by atoms with Crippen LogP contribution in [0.3, 0.4) is 0 Å². The van der Waals surface area contributed by atoms with Gasteiger partial charge < -0.3 is 15.4 Å². The van der Waals surface area contributed by atoms with Crippen LogP contribution in [0.15, 0.2) is 17.6 Å². The smallest absolute Gasteiger partial charge is 0.346 e. The highest BCUT2D eigenvalue weighted by Crippen LogP contribution is 2.36. The number of nitrogens with zero attached hydrogens (tertiary/aromatic N) is 2. The molecule has 5 heteroatoms. The molecule has 0 saturated carbocycles. The first kappa shape index (κ1) is 10.2. The maximum Gasteiger partial charge on any atom is 0.346 e. The van der Waals surface area contributed by atoms with Crippen molar-refractivity contribution in [3.8, 4) is 0 Å². The van der Waals surface area contributed by atoms with Gasteiger partial charge in [0, 0.05) is 19.6 Å². The van der Waals surface area contributed by atoms with Gasteiger partial charge in [-0.1, -0.05) is 6.08 Å². The van der Waals surface area contributed by atoms with Crippen LogP contribution >= 0.6 is 0 Å². The highest BCUT2D eigenvalue weighted by atomic mass is 16.5. The normalized spacial score (nSPS) is 35.0. The van der Waals surface area contributed by atoms with Gasteiger partial charge in [-0.2, -0.15) is 4.99 Å². The molecule has 0 aromatic heterocycles. The lowest BCUT2D eigenvalue weighted by molar-refractivity contribution is 0.0725. The molecule has 15 heavy (non-hydrogen) atoms. The molecule has 82 valence electrons. The molecule has 1 saturated heterocycles. The molecule has 2 N–H and O–H groups in total. The minimum Gasteiger partial charge on any atom is -0.385 e. The fraction of sp³-hybridized carbons (Fsp3) is 0.600. The van der Waals surface area contributed by atoms with Crippen LogP contribution in [-0.4, -0.2) is 41.6 Å². The Morgan fingerprint density at radius 2 is 2.60 bits per heavy atom. The molecule has 0 bridgehead atoms. The van der Waals surface area contributed by atoms with Crippen LogP contribution in [-0.2, 0) is 4.74 Å². The molecule has 2 unspecified atom stereocenters. The van der Waals surface area contributed by atoms with Gasteiger partial charge >= 0.3 is 6.03 Å². The molecule has 0 radical (unpaired) electrons. The molecule has 2 atom stereocenters. The first-order chi connectivity index (χ1) is 7.13. The van der Waals surface area contributed by atoms with Gasteiger partial charge in [0.05, 0.1) is 6.10 Å². The molecule has 1 fully saturated rings. The van der Waals surface area contributed by atoms with E-state index in [1.165, 1.54) is 0 Å². The second-order valence-electron chi connectivity index (χ2n) is 3.87. The summed E-state index contributed by atoms with van der Waals surface area (Å²) in [6.07, 6.45) is 2.29. The fourth-order valence-corrected chi connectivity index (χ4v) is 2.36. The van der Waals surface area contributed by atoms with E-state index in [0.717, 1.165) is 0 Å². The van der Waals surface area contributed by atoms with Crippen molar-refractivity contribution in [3.63, 3.8) is 0 Å². The van der Waals surface area contributed by atoms with Crippen molar-refractivity contribution in [1.29, 1.82) is 0 Å². The summed E-state index contributed by atoms with van der Waals surface area (Å²) < 4.78 is 5.50. The van der Waals surface area contributed by atoms with Crippen molar-refractivity contribution in [3.05, 3.63) is 12.7 Å². The number of rotatable bonds is 2. The molecule has 2 amide bonds. The number of carbonyl (C=O) groups is 1. The van der Waals surface area contributed by atoms with Gasteiger partial charge in [0.25, 0.3) is 0 Å². The Bertz CT molecular complexity index is 340. The Morgan fingerprint density at radius 3 is 3.13 bits per heavy atom. The van der Waals surface area contributed by atoms with Crippen LogP contribution in [0.5, 0.6) is 0 Å². The summed E-state index contributed by atoms with van der Waals surface area (Å²) in [6, 6.07) is -0.287. The predicted octanol–water partition coefficient (Wildman–Crippen LogP) is 0.513. The summed E-state index contributed by atoms with van der Waals surface area (Å²) in [4.78, 5) is 17.1. The Balaban J connectivity index is 2.38. The highest BCUT2D eigenvalue weighted by Gasteiger charge is 2.55. The van der Waals surface area contributed by atoms with Gasteiger partial charge in [-0.25, -0.2) is 4.79 Å². The molecule has 0 aromatic carbocycles. The van der Waals surface area contributed by atoms with E-state index in [4.69, 9.17) is 10.5 Å². The van der Waals surface area contributed by atoms with E-state index < -0.39 is 5.54 Å². The Hall–Kier alpha value is -1.36. The van der Waals surface area contributed by atoms with Crippen LogP contribution in [0.2, 0.25) is 0 Å². The van der Waals surface area contributed by atoms with Crippen LogP contribution in [0.4, 0.5) is 4.79 Å². The summed E-state index contributed by atoms with van der Waals surface area (Å²) in [5.41, 5.74) is 5.31. The Kier molecular flexibility index (Phi) is 2.26. The van der Waals surface area contributed by atoms with Gasteiger partial charge in [0.1, 0.15) is 11.4 Å². The molecule has 0 aliphatic carbocycles. The summed E-state index contributed by atoms with van der Waals surface area (Å²) in [7, 11) is 0. The van der Waals surface area contributed by atoms with Crippen molar-refractivity contribution in [2.24, 2.45) is 10.7 Å². The van der Waals surface area contributed by atoms with Crippen LogP contribution in [0, 0.1) is 0 Å². The largest absolute Gasteiger partial charge is 0.385 e. The van der Waals surface area contributed by atoms with Crippen molar-refractivity contribution in [1.82, 2.24) is 4.90 Å². The number of amides is 2. The topological polar surface area (TPSA) is 67.9 Å². The van der Waals surface area contributed by atoms with Crippen molar-refractivity contribution in [2.75, 3.05) is 13.2 Å². The molecule has 2 heterocycles. The van der Waals surface area contributed by atoms with E-state index in [0.29, 0.717) is 25.4 Å². The third kappa shape index (κ3) is 1.19. The average Bonchev–Trinajstić information content (AvgIpc) is 2.66. The lowest BCUT2D eigenvalue weighted by Gasteiger charge is -2.36. The monoisotopic (exact) mass is 209 g/mol. The lowest BCUT2D eigenvalue weighted by atomic mass is 9.89. The third-order valence-corrected chi connectivity index (χ3v) is 3.21. The predicted molar refractivity (Wildman–Crippen MR) is 56.7 cm³/mol. The first-order valence-corrected chi connectivity index (χ1v) is 5.01. The minimum absolute atomic E-state index is 0.104. The lowest BCUT2D eigenvalue weighted by Crippen LogP contribution is -2.58. The SMILES string of the molecule is C=CCN1C(=O)N=C(N)C12CCOC2C. The van der Waals surface area contributed by atoms with Crippen LogP contribution < -0.4 is 5.73 Å². The van der Waals surface area contributed by atoms with Crippen molar-refractivity contribution in [2.45, 2.75) is 25.0 Å². The molecular formula is C10H15N3O2. The van der Waals surface area contributed by atoms with E-state index in [1.807, 2.05) is 6.92 Å². The first-order valence-electron chi connectivity index (χ1n) is 5.01. The van der Waals surface area contributed by atoms with Gasteiger partial charge in [-0.3, -0.25) is 0 Å². The number of ether oxygens (including phenoxy) is 1. The van der Waals surface area contributed by atoms with E-state index in [-0.39, 0.29) is 12.1 Å². The molecule has 0 aromatic rings. The Labute approximate surface area is 88.6 Å². The van der Waals surface area contributed by atoms with Gasteiger partial charge in [-0.05, 0) is 6.92 Å². The van der Waals surface area contributed by atoms with Crippen LogP contribution in [0.25, 0.3) is 0 Å². The van der Waals surface area contributed by atoms with Gasteiger partial charge in [-0.15, -0.1) is 6.58 Å². The number of urea groups is 1. The molecule has 2 rings (SSSR count). The molecule has 1 spiro atoms. The molecule has 5 nitrogen and oxygen atoms in total. The number of aliphatic imine (C=N–C) groups is 1. The molecule has 2 aliphatic rings. The van der Waals surface area contributed by atoms with E-state index >= 15 is 0 Å². The molecular weight excluding hydrogens is 194 g/mol. The fourth-order valence-electron chi connectivity index (χ4n) is 2.36. The number of hydrogen-bond acceptors (Lipinski definition) is 3. The van der Waals surface area contributed by atoms with Crippen molar-refractivity contribution >= 4 is 11.9 Å². The number of carbonyl (C=O) groups excluding carboxylic acids is 1. The summed E-state index contributed by atoms with van der Waals surface area (Å²) in [6.45, 7) is 6.62. The standard InChI is InChI=1S/C10H15N3O2/c1-3-5-13-9(14)12-8(11)10(13)4-6-15-7(10)2/h3,7H,1,4-6H2,2H3,(H2,11,12,14). The maximum absolute atomic E-state index is 11.6. The summed E-state index contributed by atoms with van der Waals surface area (Å²) in [5, 5.41) is 0. The average molecular weight is 209 g/mol. The summed E-state index contributed by atoms with van der Waals surface area (Å²) in [5.74, 6) is 0.374. The van der Waals surface area contributed by atoms with Gasteiger partial charge in [0.2, 0.25) is 0 Å². The molecule has 2 aliphatic heterocycles. The number of nitrogens with two attached hydrogens (primary N) is 1. The quantitative estimate of drug-likeness (QED) is 0.674. The zero-order chi connectivity index (χ0) is 11.1. The third-order valence-electron chi connectivity index (χ3n) is 3.21. The van der Waals surface area contributed by atoms with E-state index in [9.17, 15) is 4.79 Å². The minimum atomic E-state index is -0.536. The summed E-state index contributed by atoms with van der Waals surface area (Å²) >= 11 is 0. The zero-order valence-corrected chi connectivity index (χ0v) is 8.77. The number of hydrogen-bond donors (Lipinski definition) is 1. The highest BCUT2D eigenvalue weighted by molar-refractivity contribution is 6.06. The maximum atomic E-state index is 11.6. The van der Waals surface area contributed by atoms with Crippen molar-refractivity contribution < 1.29 is 9.53 Å². The zero-order valence-electron chi connectivity index (χ0n) is 8.77.